The second-order valence-corrected chi connectivity index (χ2v) is 8.43. The van der Waals surface area contributed by atoms with E-state index < -0.39 is 30.6 Å². The van der Waals surface area contributed by atoms with Crippen LogP contribution in [0.25, 0.3) is 0 Å². The average molecular weight is 489 g/mol. The van der Waals surface area contributed by atoms with Crippen molar-refractivity contribution in [2.45, 2.75) is 51.2 Å². The average Bonchev–Trinajstić information content (AvgIpc) is 3.12. The zero-order chi connectivity index (χ0) is 25.2. The van der Waals surface area contributed by atoms with Crippen LogP contribution in [0.5, 0.6) is 0 Å². The minimum absolute atomic E-state index is 0.0856. The van der Waals surface area contributed by atoms with E-state index in [-0.39, 0.29) is 49.9 Å². The Kier molecular flexibility index (Phi) is 6.77. The molecule has 2 heterocycles. The number of amides is 4. The van der Waals surface area contributed by atoms with Crippen LogP contribution in [0.2, 0.25) is 0 Å². The lowest BCUT2D eigenvalue weighted by atomic mass is 10.0. The Morgan fingerprint density at radius 2 is 1.74 bits per heavy atom. The fourth-order valence-electron chi connectivity index (χ4n) is 4.07. The van der Waals surface area contributed by atoms with Crippen LogP contribution < -0.4 is 10.6 Å². The highest BCUT2D eigenvalue weighted by Gasteiger charge is 2.39. The smallest absolute Gasteiger partial charge is 0.407 e. The molecular weight excluding hydrogens is 467 g/mol. The summed E-state index contributed by atoms with van der Waals surface area (Å²) in [5.41, 5.74) is 2.49. The molecule has 2 aromatic rings. The van der Waals surface area contributed by atoms with Gasteiger partial charge in [-0.25, -0.2) is 4.79 Å². The molecule has 0 bridgehead atoms. The first-order chi connectivity index (χ1) is 16.6. The highest BCUT2D eigenvalue weighted by Crippen LogP contribution is 2.28. The van der Waals surface area contributed by atoms with Gasteiger partial charge in [-0.1, -0.05) is 36.4 Å². The predicted molar refractivity (Wildman–Crippen MR) is 116 cm³/mol. The number of piperidine rings is 1. The van der Waals surface area contributed by atoms with E-state index in [1.165, 1.54) is 29.2 Å². The van der Waals surface area contributed by atoms with Crippen LogP contribution in [-0.2, 0) is 40.4 Å². The number of halogens is 3. The van der Waals surface area contributed by atoms with Crippen molar-refractivity contribution in [3.05, 3.63) is 70.3 Å². The topological polar surface area (TPSA) is 105 Å². The van der Waals surface area contributed by atoms with Gasteiger partial charge in [-0.3, -0.25) is 19.7 Å². The lowest BCUT2D eigenvalue weighted by Crippen LogP contribution is -2.52. The first-order valence-electron chi connectivity index (χ1n) is 10.9. The van der Waals surface area contributed by atoms with Crippen LogP contribution in [0, 0.1) is 0 Å². The number of alkyl halides is 3. The van der Waals surface area contributed by atoms with Crippen LogP contribution >= 0.6 is 0 Å². The number of hydrogen-bond donors (Lipinski definition) is 2. The van der Waals surface area contributed by atoms with Gasteiger partial charge in [0.15, 0.2) is 0 Å². The highest BCUT2D eigenvalue weighted by molar-refractivity contribution is 6.05. The molecule has 0 aliphatic carbocycles. The second kappa shape index (κ2) is 9.77. The van der Waals surface area contributed by atoms with E-state index in [0.717, 1.165) is 5.56 Å². The maximum absolute atomic E-state index is 12.9. The quantitative estimate of drug-likeness (QED) is 0.608. The van der Waals surface area contributed by atoms with Gasteiger partial charge in [0.1, 0.15) is 12.6 Å². The zero-order valence-corrected chi connectivity index (χ0v) is 18.5. The van der Waals surface area contributed by atoms with Gasteiger partial charge >= 0.3 is 12.3 Å². The van der Waals surface area contributed by atoms with Crippen molar-refractivity contribution in [3.63, 3.8) is 0 Å². The van der Waals surface area contributed by atoms with E-state index in [1.54, 1.807) is 18.2 Å². The summed E-state index contributed by atoms with van der Waals surface area (Å²) in [7, 11) is 0. The molecule has 0 radical (unpaired) electrons. The molecule has 1 unspecified atom stereocenters. The number of fused-ring (bicyclic) bond motifs is 1. The van der Waals surface area contributed by atoms with Gasteiger partial charge in [0, 0.05) is 25.1 Å². The molecule has 4 rings (SSSR count). The number of carbonyl (C=O) groups is 4. The molecule has 4 amide bonds. The maximum Gasteiger partial charge on any atom is 0.407 e. The van der Waals surface area contributed by atoms with E-state index in [4.69, 9.17) is 4.74 Å². The van der Waals surface area contributed by atoms with Crippen molar-refractivity contribution in [1.29, 1.82) is 0 Å². The summed E-state index contributed by atoms with van der Waals surface area (Å²) in [6.07, 6.45) is -5.59. The van der Waals surface area contributed by atoms with Crippen molar-refractivity contribution >= 4 is 23.8 Å². The van der Waals surface area contributed by atoms with Gasteiger partial charge in [0.05, 0.1) is 6.42 Å². The van der Waals surface area contributed by atoms with Crippen molar-refractivity contribution in [1.82, 2.24) is 15.5 Å². The number of rotatable bonds is 6. The first-order valence-corrected chi connectivity index (χ1v) is 10.9. The number of hydrogen-bond acceptors (Lipinski definition) is 5. The third kappa shape index (κ3) is 5.97. The monoisotopic (exact) mass is 489 g/mol. The van der Waals surface area contributed by atoms with E-state index in [2.05, 4.69) is 10.6 Å². The lowest BCUT2D eigenvalue weighted by Gasteiger charge is -2.29. The maximum atomic E-state index is 12.9. The van der Waals surface area contributed by atoms with E-state index in [1.807, 2.05) is 0 Å². The minimum Gasteiger partial charge on any atom is -0.445 e. The number of imide groups is 1. The number of alkyl carbamates (subject to hydrolysis) is 1. The number of nitrogens with one attached hydrogen (secondary N) is 2. The molecule has 8 nitrogen and oxygen atoms in total. The van der Waals surface area contributed by atoms with Crippen LogP contribution in [-0.4, -0.2) is 40.9 Å². The van der Waals surface area contributed by atoms with Gasteiger partial charge in [0.2, 0.25) is 11.8 Å². The standard InChI is InChI=1S/C24H22F3N3O5/c25-24(26,27)10-14-1-3-15(4-2-14)13-35-23(34)28-11-16-5-6-17-12-30(22(33)18(17)9-16)19-7-8-20(31)29-21(19)32/h1-6,9,19H,7-8,10-13H2,(H,28,34)(H,29,31,32). The van der Waals surface area contributed by atoms with Crippen LogP contribution in [0.1, 0.15) is 45.5 Å². The Bertz CT molecular complexity index is 1160. The number of nitrogens with zero attached hydrogens (tertiary/aromatic N) is 1. The van der Waals surface area contributed by atoms with Crippen molar-refractivity contribution in [2.75, 3.05) is 0 Å². The third-order valence-corrected chi connectivity index (χ3v) is 5.83. The molecule has 0 aromatic heterocycles. The van der Waals surface area contributed by atoms with Gasteiger partial charge < -0.3 is 15.0 Å². The molecule has 2 aliphatic rings. The molecular formula is C24H22F3N3O5. The summed E-state index contributed by atoms with van der Waals surface area (Å²) in [6, 6.07) is 10.1. The Hall–Kier alpha value is -3.89. The van der Waals surface area contributed by atoms with Gasteiger partial charge in [-0.15, -0.1) is 0 Å². The van der Waals surface area contributed by atoms with Gasteiger partial charge in [-0.2, -0.15) is 13.2 Å². The summed E-state index contributed by atoms with van der Waals surface area (Å²) >= 11 is 0. The van der Waals surface area contributed by atoms with E-state index in [9.17, 15) is 32.3 Å². The summed E-state index contributed by atoms with van der Waals surface area (Å²) < 4.78 is 42.4. The van der Waals surface area contributed by atoms with Crippen LogP contribution in [0.15, 0.2) is 42.5 Å². The second-order valence-electron chi connectivity index (χ2n) is 8.43. The zero-order valence-electron chi connectivity index (χ0n) is 18.5. The van der Waals surface area contributed by atoms with Gasteiger partial charge in [-0.05, 0) is 34.7 Å². The summed E-state index contributed by atoms with van der Waals surface area (Å²) in [5, 5.41) is 4.82. The molecule has 2 N–H and O–H groups in total. The molecule has 1 fully saturated rings. The van der Waals surface area contributed by atoms with Crippen molar-refractivity contribution in [3.8, 4) is 0 Å². The van der Waals surface area contributed by atoms with Crippen LogP contribution in [0.4, 0.5) is 18.0 Å². The number of benzene rings is 2. The van der Waals surface area contributed by atoms with E-state index >= 15 is 0 Å². The molecule has 2 aromatic carbocycles. The number of carbonyl (C=O) groups excluding carboxylic acids is 4. The molecule has 35 heavy (non-hydrogen) atoms. The Morgan fingerprint density at radius 1 is 1.06 bits per heavy atom. The largest absolute Gasteiger partial charge is 0.445 e. The normalized spacial score (nSPS) is 17.7. The Labute approximate surface area is 198 Å². The SMILES string of the molecule is O=C1CCC(N2Cc3ccc(CNC(=O)OCc4ccc(CC(F)(F)F)cc4)cc3C2=O)C(=O)N1. The van der Waals surface area contributed by atoms with Crippen molar-refractivity contribution < 1.29 is 37.1 Å². The number of ether oxygens (including phenoxy) is 1. The fourth-order valence-corrected chi connectivity index (χ4v) is 4.07. The van der Waals surface area contributed by atoms with Crippen molar-refractivity contribution in [2.24, 2.45) is 0 Å². The third-order valence-electron chi connectivity index (χ3n) is 5.83. The molecule has 1 saturated heterocycles. The molecule has 1 atom stereocenters. The molecule has 0 spiro atoms. The highest BCUT2D eigenvalue weighted by atomic mass is 19.4. The summed E-state index contributed by atoms with van der Waals surface area (Å²) in [4.78, 5) is 49.8. The summed E-state index contributed by atoms with van der Waals surface area (Å²) in [6.45, 7) is 0.238. The molecule has 11 heteroatoms. The summed E-state index contributed by atoms with van der Waals surface area (Å²) in [5.74, 6) is -1.15. The predicted octanol–water partition coefficient (Wildman–Crippen LogP) is 2.98. The van der Waals surface area contributed by atoms with Gasteiger partial charge in [0.25, 0.3) is 5.91 Å². The Balaban J connectivity index is 1.28. The minimum atomic E-state index is -4.29. The molecule has 2 aliphatic heterocycles. The molecule has 184 valence electrons. The molecule has 0 saturated carbocycles. The first kappa shape index (κ1) is 24.2. The van der Waals surface area contributed by atoms with Crippen LogP contribution in [0.3, 0.4) is 0 Å². The lowest BCUT2D eigenvalue weighted by molar-refractivity contribution is -0.137. The van der Waals surface area contributed by atoms with E-state index in [0.29, 0.717) is 16.7 Å². The Morgan fingerprint density at radius 3 is 2.43 bits per heavy atom. The fraction of sp³-hybridized carbons (Fsp3) is 0.333.